The van der Waals surface area contributed by atoms with Crippen molar-refractivity contribution in [2.45, 2.75) is 84.1 Å². The first-order valence-corrected chi connectivity index (χ1v) is 10.00. The Morgan fingerprint density at radius 2 is 1.73 bits per heavy atom. The highest BCUT2D eigenvalue weighted by Gasteiger charge is 2.43. The van der Waals surface area contributed by atoms with Gasteiger partial charge in [0.2, 0.25) is 0 Å². The molecule has 22 heavy (non-hydrogen) atoms. The van der Waals surface area contributed by atoms with Crippen molar-refractivity contribution in [3.05, 3.63) is 10.6 Å². The van der Waals surface area contributed by atoms with Crippen LogP contribution in [0.5, 0.6) is 0 Å². The Labute approximate surface area is 140 Å². The average molecular weight is 324 g/mol. The highest BCUT2D eigenvalue weighted by atomic mass is 32.1. The van der Waals surface area contributed by atoms with Gasteiger partial charge in [0.1, 0.15) is 0 Å². The molecule has 3 nitrogen and oxygen atoms in total. The van der Waals surface area contributed by atoms with E-state index in [0.29, 0.717) is 0 Å². The van der Waals surface area contributed by atoms with Gasteiger partial charge in [-0.1, -0.05) is 52.9 Å². The number of unbranched alkanes of at least 4 members (excludes halogenated alkanes) is 3. The maximum atomic E-state index is 6.07. The maximum Gasteiger partial charge on any atom is 0.180 e. The molecule has 2 rings (SSSR count). The molecule has 2 N–H and O–H groups in total. The van der Waals surface area contributed by atoms with Crippen LogP contribution in [0.25, 0.3) is 0 Å². The molecule has 1 aliphatic heterocycles. The number of hydrogen-bond acceptors (Lipinski definition) is 4. The van der Waals surface area contributed by atoms with E-state index in [2.05, 4.69) is 30.7 Å². The fourth-order valence-corrected chi connectivity index (χ4v) is 4.94. The van der Waals surface area contributed by atoms with Gasteiger partial charge in [0, 0.05) is 13.0 Å². The summed E-state index contributed by atoms with van der Waals surface area (Å²) in [7, 11) is 0. The Bertz CT molecular complexity index is 447. The summed E-state index contributed by atoms with van der Waals surface area (Å²) in [6.07, 6.45) is 11.3. The van der Waals surface area contributed by atoms with Crippen molar-refractivity contribution in [2.24, 2.45) is 0 Å². The summed E-state index contributed by atoms with van der Waals surface area (Å²) in [4.78, 5) is 8.92. The molecule has 0 unspecified atom stereocenters. The number of anilines is 1. The molecular weight excluding hydrogens is 290 g/mol. The zero-order valence-electron chi connectivity index (χ0n) is 14.7. The largest absolute Gasteiger partial charge is 0.375 e. The molecule has 126 valence electrons. The van der Waals surface area contributed by atoms with Crippen LogP contribution in [-0.4, -0.2) is 23.0 Å². The van der Waals surface area contributed by atoms with Gasteiger partial charge < -0.3 is 5.73 Å². The number of nitrogen functional groups attached to an aromatic ring is 1. The summed E-state index contributed by atoms with van der Waals surface area (Å²) in [6, 6.07) is 0. The van der Waals surface area contributed by atoms with Gasteiger partial charge in [0.25, 0.3) is 0 Å². The first-order valence-electron chi connectivity index (χ1n) is 9.18. The molecule has 0 amide bonds. The van der Waals surface area contributed by atoms with Crippen LogP contribution in [0.15, 0.2) is 0 Å². The molecular formula is C18H33N3S. The molecule has 4 heteroatoms. The van der Waals surface area contributed by atoms with E-state index in [9.17, 15) is 0 Å². The van der Waals surface area contributed by atoms with Gasteiger partial charge >= 0.3 is 0 Å². The predicted molar refractivity (Wildman–Crippen MR) is 97.4 cm³/mol. The first kappa shape index (κ1) is 17.7. The summed E-state index contributed by atoms with van der Waals surface area (Å²) >= 11 is 1.76. The molecule has 1 aliphatic rings. The van der Waals surface area contributed by atoms with E-state index in [1.54, 1.807) is 11.3 Å². The quantitative estimate of drug-likeness (QED) is 0.698. The lowest BCUT2D eigenvalue weighted by Crippen LogP contribution is -2.50. The third-order valence-corrected chi connectivity index (χ3v) is 6.15. The zero-order chi connectivity index (χ0) is 16.0. The molecule has 0 aliphatic carbocycles. The van der Waals surface area contributed by atoms with Gasteiger partial charge in [-0.15, -0.1) is 11.3 Å². The van der Waals surface area contributed by atoms with Gasteiger partial charge in [-0.3, -0.25) is 4.90 Å². The SMILES string of the molecule is CCCCN1CCc2nc(N)sc2C1(CCCC)CCCC. The Kier molecular flexibility index (Phi) is 6.69. The van der Waals surface area contributed by atoms with Crippen molar-refractivity contribution in [2.75, 3.05) is 18.8 Å². The van der Waals surface area contributed by atoms with Gasteiger partial charge in [0.05, 0.1) is 16.1 Å². The normalized spacial score (nSPS) is 17.6. The Morgan fingerprint density at radius 3 is 2.32 bits per heavy atom. The molecule has 0 spiro atoms. The number of aromatic nitrogens is 1. The van der Waals surface area contributed by atoms with Crippen LogP contribution in [0.1, 0.15) is 82.7 Å². The van der Waals surface area contributed by atoms with Crippen molar-refractivity contribution >= 4 is 16.5 Å². The standard InChI is InChI=1S/C18H33N3S/c1-4-7-11-18(12-8-5-2)16-15(20-17(19)22-16)10-14-21(18)13-9-6-3/h4-14H2,1-3H3,(H2,19,20). The highest BCUT2D eigenvalue weighted by Crippen LogP contribution is 2.46. The number of nitrogens with two attached hydrogens (primary N) is 1. The summed E-state index contributed by atoms with van der Waals surface area (Å²) in [5, 5.41) is 0.764. The number of fused-ring (bicyclic) bond motifs is 1. The molecule has 0 atom stereocenters. The maximum absolute atomic E-state index is 6.07. The van der Waals surface area contributed by atoms with Gasteiger partial charge in [0.15, 0.2) is 5.13 Å². The molecule has 0 aromatic carbocycles. The minimum Gasteiger partial charge on any atom is -0.375 e. The first-order chi connectivity index (χ1) is 10.7. The van der Waals surface area contributed by atoms with E-state index < -0.39 is 0 Å². The summed E-state index contributed by atoms with van der Waals surface area (Å²) in [5.74, 6) is 0. The van der Waals surface area contributed by atoms with Crippen LogP contribution in [0.3, 0.4) is 0 Å². The second-order valence-electron chi connectivity index (χ2n) is 6.66. The number of hydrogen-bond donors (Lipinski definition) is 1. The van der Waals surface area contributed by atoms with E-state index in [1.807, 2.05) is 0 Å². The second kappa shape index (κ2) is 8.30. The van der Waals surface area contributed by atoms with Crippen LogP contribution in [0.2, 0.25) is 0 Å². The van der Waals surface area contributed by atoms with Crippen molar-refractivity contribution in [1.82, 2.24) is 9.88 Å². The van der Waals surface area contributed by atoms with Crippen molar-refractivity contribution < 1.29 is 0 Å². The monoisotopic (exact) mass is 323 g/mol. The third kappa shape index (κ3) is 3.65. The fraction of sp³-hybridized carbons (Fsp3) is 0.833. The number of nitrogens with zero attached hydrogens (tertiary/aromatic N) is 2. The Balaban J connectivity index is 2.36. The summed E-state index contributed by atoms with van der Waals surface area (Å²) < 4.78 is 0. The smallest absolute Gasteiger partial charge is 0.180 e. The lowest BCUT2D eigenvalue weighted by molar-refractivity contribution is 0.0524. The van der Waals surface area contributed by atoms with Crippen LogP contribution < -0.4 is 5.73 Å². The highest BCUT2D eigenvalue weighted by molar-refractivity contribution is 7.15. The molecule has 1 aromatic rings. The van der Waals surface area contributed by atoms with Gasteiger partial charge in [-0.25, -0.2) is 4.98 Å². The minimum absolute atomic E-state index is 0.212. The minimum atomic E-state index is 0.212. The van der Waals surface area contributed by atoms with Gasteiger partial charge in [-0.05, 0) is 25.8 Å². The van der Waals surface area contributed by atoms with Crippen molar-refractivity contribution in [1.29, 1.82) is 0 Å². The van der Waals surface area contributed by atoms with E-state index >= 15 is 0 Å². The van der Waals surface area contributed by atoms with Crippen molar-refractivity contribution in [3.8, 4) is 0 Å². The van der Waals surface area contributed by atoms with Crippen molar-refractivity contribution in [3.63, 3.8) is 0 Å². The van der Waals surface area contributed by atoms with Gasteiger partial charge in [-0.2, -0.15) is 0 Å². The van der Waals surface area contributed by atoms with E-state index in [0.717, 1.165) is 18.1 Å². The van der Waals surface area contributed by atoms with Crippen LogP contribution in [-0.2, 0) is 12.0 Å². The predicted octanol–water partition coefficient (Wildman–Crippen LogP) is 4.96. The average Bonchev–Trinajstić information content (AvgIpc) is 2.91. The molecule has 0 radical (unpaired) electrons. The summed E-state index contributed by atoms with van der Waals surface area (Å²) in [5.41, 5.74) is 7.58. The van der Waals surface area contributed by atoms with E-state index in [1.165, 1.54) is 68.5 Å². The topological polar surface area (TPSA) is 42.2 Å². The molecule has 0 saturated heterocycles. The molecule has 1 aromatic heterocycles. The van der Waals surface area contributed by atoms with Crippen LogP contribution in [0, 0.1) is 0 Å². The lowest BCUT2D eigenvalue weighted by atomic mass is 9.80. The zero-order valence-corrected chi connectivity index (χ0v) is 15.5. The molecule has 0 saturated carbocycles. The molecule has 0 fully saturated rings. The number of rotatable bonds is 9. The summed E-state index contributed by atoms with van der Waals surface area (Å²) in [6.45, 7) is 9.27. The molecule has 0 bridgehead atoms. The molecule has 2 heterocycles. The second-order valence-corrected chi connectivity index (χ2v) is 7.69. The third-order valence-electron chi connectivity index (χ3n) is 5.03. The number of thiazole rings is 1. The fourth-order valence-electron chi connectivity index (χ4n) is 3.78. The Morgan fingerprint density at radius 1 is 1.09 bits per heavy atom. The van der Waals surface area contributed by atoms with E-state index in [-0.39, 0.29) is 5.54 Å². The van der Waals surface area contributed by atoms with E-state index in [4.69, 9.17) is 5.73 Å². The van der Waals surface area contributed by atoms with Crippen LogP contribution in [0.4, 0.5) is 5.13 Å². The van der Waals surface area contributed by atoms with Crippen LogP contribution >= 0.6 is 11.3 Å². The Hall–Kier alpha value is -0.610. The lowest BCUT2D eigenvalue weighted by Gasteiger charge is -2.47.